The van der Waals surface area contributed by atoms with E-state index in [9.17, 15) is 0 Å². The maximum atomic E-state index is 6.12. The van der Waals surface area contributed by atoms with E-state index in [2.05, 4.69) is 4.98 Å². The van der Waals surface area contributed by atoms with Crippen molar-refractivity contribution in [2.45, 2.75) is 5.92 Å². The minimum atomic E-state index is -0.0987. The molecule has 3 aromatic rings. The fourth-order valence-corrected chi connectivity index (χ4v) is 2.71. The van der Waals surface area contributed by atoms with Crippen LogP contribution in [0.2, 0.25) is 10.0 Å². The predicted molar refractivity (Wildman–Crippen MR) is 81.4 cm³/mol. The minimum Gasteiger partial charge on any atom is -0.438 e. The highest BCUT2D eigenvalue weighted by molar-refractivity contribution is 6.37. The summed E-state index contributed by atoms with van der Waals surface area (Å²) in [6, 6.07) is 13.3. The Labute approximate surface area is 126 Å². The second-order valence-corrected chi connectivity index (χ2v) is 5.33. The summed E-state index contributed by atoms with van der Waals surface area (Å²) in [6.07, 6.45) is 0. The summed E-state index contributed by atoms with van der Waals surface area (Å²) in [7, 11) is 0. The number of aromatic nitrogens is 1. The van der Waals surface area contributed by atoms with Crippen LogP contribution in [-0.2, 0) is 0 Å². The van der Waals surface area contributed by atoms with Crippen LogP contribution < -0.4 is 5.73 Å². The first-order chi connectivity index (χ1) is 9.69. The number of fused-ring (bicyclic) bond motifs is 1. The van der Waals surface area contributed by atoms with Crippen molar-refractivity contribution in [2.75, 3.05) is 6.54 Å². The molecule has 0 spiro atoms. The van der Waals surface area contributed by atoms with Crippen molar-refractivity contribution >= 4 is 34.3 Å². The number of benzene rings is 2. The van der Waals surface area contributed by atoms with E-state index in [1.165, 1.54) is 0 Å². The molecule has 20 heavy (non-hydrogen) atoms. The maximum Gasteiger partial charge on any atom is 0.204 e. The summed E-state index contributed by atoms with van der Waals surface area (Å²) in [5.74, 6) is 0.455. The van der Waals surface area contributed by atoms with Gasteiger partial charge in [-0.25, -0.2) is 4.98 Å². The molecular formula is C15H12Cl2N2O. The lowest BCUT2D eigenvalue weighted by Crippen LogP contribution is -2.14. The quantitative estimate of drug-likeness (QED) is 0.788. The molecule has 102 valence electrons. The van der Waals surface area contributed by atoms with Crippen molar-refractivity contribution in [1.29, 1.82) is 0 Å². The van der Waals surface area contributed by atoms with Crippen molar-refractivity contribution in [1.82, 2.24) is 4.98 Å². The molecule has 0 saturated heterocycles. The molecule has 3 nitrogen and oxygen atoms in total. The van der Waals surface area contributed by atoms with Gasteiger partial charge in [-0.1, -0.05) is 53.5 Å². The number of hydrogen-bond acceptors (Lipinski definition) is 3. The number of hydrogen-bond donors (Lipinski definition) is 1. The van der Waals surface area contributed by atoms with E-state index >= 15 is 0 Å². The van der Waals surface area contributed by atoms with Gasteiger partial charge >= 0.3 is 0 Å². The van der Waals surface area contributed by atoms with Crippen molar-refractivity contribution < 1.29 is 4.42 Å². The lowest BCUT2D eigenvalue weighted by Gasteiger charge is -2.10. The summed E-state index contributed by atoms with van der Waals surface area (Å²) in [5, 5.41) is 0.987. The fourth-order valence-electron chi connectivity index (χ4n) is 2.19. The molecule has 2 N–H and O–H groups in total. The SMILES string of the molecule is NCC(c1ccccc1)c1nc2cc(Cl)cc(Cl)c2o1. The van der Waals surface area contributed by atoms with Gasteiger partial charge in [0.25, 0.3) is 0 Å². The Balaban J connectivity index is 2.11. The van der Waals surface area contributed by atoms with Crippen LogP contribution in [0.1, 0.15) is 17.4 Å². The zero-order valence-corrected chi connectivity index (χ0v) is 12.0. The Morgan fingerprint density at radius 3 is 2.60 bits per heavy atom. The Morgan fingerprint density at radius 2 is 1.90 bits per heavy atom. The Bertz CT molecular complexity index is 740. The first-order valence-electron chi connectivity index (χ1n) is 6.19. The molecule has 1 heterocycles. The standard InChI is InChI=1S/C15H12Cl2N2O/c16-10-6-12(17)14-13(7-10)19-15(20-14)11(8-18)9-4-2-1-3-5-9/h1-7,11H,8,18H2. The molecule has 0 fully saturated rings. The summed E-state index contributed by atoms with van der Waals surface area (Å²) in [5.41, 5.74) is 8.11. The zero-order chi connectivity index (χ0) is 14.1. The van der Waals surface area contributed by atoms with E-state index in [-0.39, 0.29) is 5.92 Å². The molecule has 1 atom stereocenters. The summed E-state index contributed by atoms with van der Waals surface area (Å²) < 4.78 is 5.78. The lowest BCUT2D eigenvalue weighted by atomic mass is 9.99. The molecule has 0 bridgehead atoms. The second kappa shape index (κ2) is 5.44. The molecular weight excluding hydrogens is 295 g/mol. The molecule has 0 saturated carbocycles. The van der Waals surface area contributed by atoms with Crippen molar-refractivity contribution in [3.63, 3.8) is 0 Å². The van der Waals surface area contributed by atoms with Crippen LogP contribution in [0.3, 0.4) is 0 Å². The molecule has 0 radical (unpaired) electrons. The van der Waals surface area contributed by atoms with Gasteiger partial charge in [0.15, 0.2) is 5.58 Å². The van der Waals surface area contributed by atoms with E-state index in [4.69, 9.17) is 33.4 Å². The third-order valence-electron chi connectivity index (χ3n) is 3.16. The van der Waals surface area contributed by atoms with E-state index in [1.807, 2.05) is 30.3 Å². The number of rotatable bonds is 3. The van der Waals surface area contributed by atoms with Crippen LogP contribution >= 0.6 is 23.2 Å². The number of nitrogens with zero attached hydrogens (tertiary/aromatic N) is 1. The van der Waals surface area contributed by atoms with Gasteiger partial charge in [0, 0.05) is 11.6 Å². The average molecular weight is 307 g/mol. The van der Waals surface area contributed by atoms with Crippen LogP contribution in [0.15, 0.2) is 46.9 Å². The van der Waals surface area contributed by atoms with E-state index < -0.39 is 0 Å². The second-order valence-electron chi connectivity index (χ2n) is 4.49. The summed E-state index contributed by atoms with van der Waals surface area (Å²) in [6.45, 7) is 0.405. The smallest absolute Gasteiger partial charge is 0.204 e. The first-order valence-corrected chi connectivity index (χ1v) is 6.95. The van der Waals surface area contributed by atoms with Crippen LogP contribution in [0.4, 0.5) is 0 Å². The van der Waals surface area contributed by atoms with E-state index in [1.54, 1.807) is 12.1 Å². The van der Waals surface area contributed by atoms with Gasteiger partial charge in [-0.15, -0.1) is 0 Å². The Hall–Kier alpha value is -1.55. The zero-order valence-electron chi connectivity index (χ0n) is 10.5. The van der Waals surface area contributed by atoms with Gasteiger partial charge in [-0.05, 0) is 17.7 Å². The molecule has 0 aliphatic rings. The van der Waals surface area contributed by atoms with E-state index in [0.717, 1.165) is 5.56 Å². The molecule has 0 aliphatic carbocycles. The van der Waals surface area contributed by atoms with Crippen molar-refractivity contribution in [3.05, 3.63) is 64.0 Å². The normalized spacial score (nSPS) is 12.8. The van der Waals surface area contributed by atoms with Crippen molar-refractivity contribution in [3.8, 4) is 0 Å². The topological polar surface area (TPSA) is 52.0 Å². The monoisotopic (exact) mass is 306 g/mol. The largest absolute Gasteiger partial charge is 0.438 e. The third kappa shape index (κ3) is 2.40. The third-order valence-corrected chi connectivity index (χ3v) is 3.66. The van der Waals surface area contributed by atoms with E-state index in [0.29, 0.717) is 33.6 Å². The van der Waals surface area contributed by atoms with Gasteiger partial charge in [-0.3, -0.25) is 0 Å². The van der Waals surface area contributed by atoms with Crippen LogP contribution in [0, 0.1) is 0 Å². The Kier molecular flexibility index (Phi) is 3.66. The Morgan fingerprint density at radius 1 is 1.15 bits per heavy atom. The summed E-state index contributed by atoms with van der Waals surface area (Å²) in [4.78, 5) is 4.47. The van der Waals surface area contributed by atoms with Gasteiger partial charge in [0.2, 0.25) is 5.89 Å². The van der Waals surface area contributed by atoms with Crippen LogP contribution in [0.5, 0.6) is 0 Å². The highest BCUT2D eigenvalue weighted by Gasteiger charge is 2.20. The molecule has 1 unspecified atom stereocenters. The minimum absolute atomic E-state index is 0.0987. The molecule has 1 aromatic heterocycles. The molecule has 5 heteroatoms. The van der Waals surface area contributed by atoms with Crippen LogP contribution in [0.25, 0.3) is 11.1 Å². The number of halogens is 2. The summed E-state index contributed by atoms with van der Waals surface area (Å²) >= 11 is 12.1. The van der Waals surface area contributed by atoms with Crippen LogP contribution in [-0.4, -0.2) is 11.5 Å². The predicted octanol–water partition coefficient (Wildman–Crippen LogP) is 4.23. The highest BCUT2D eigenvalue weighted by Crippen LogP contribution is 2.32. The van der Waals surface area contributed by atoms with Gasteiger partial charge in [0.05, 0.1) is 10.9 Å². The highest BCUT2D eigenvalue weighted by atomic mass is 35.5. The van der Waals surface area contributed by atoms with Gasteiger partial charge < -0.3 is 10.2 Å². The maximum absolute atomic E-state index is 6.12. The van der Waals surface area contributed by atoms with Gasteiger partial charge in [0.1, 0.15) is 5.52 Å². The first kappa shape index (κ1) is 13.4. The fraction of sp³-hybridized carbons (Fsp3) is 0.133. The average Bonchev–Trinajstić information content (AvgIpc) is 2.84. The van der Waals surface area contributed by atoms with Crippen molar-refractivity contribution in [2.24, 2.45) is 5.73 Å². The molecule has 0 aliphatic heterocycles. The number of oxazole rings is 1. The molecule has 3 rings (SSSR count). The lowest BCUT2D eigenvalue weighted by molar-refractivity contribution is 0.502. The molecule has 2 aromatic carbocycles. The van der Waals surface area contributed by atoms with Gasteiger partial charge in [-0.2, -0.15) is 0 Å². The molecule has 0 amide bonds. The number of nitrogens with two attached hydrogens (primary N) is 1.